The zero-order valence-corrected chi connectivity index (χ0v) is 12.8. The van der Waals surface area contributed by atoms with E-state index in [2.05, 4.69) is 63.2 Å². The molecule has 0 heterocycles. The smallest absolute Gasteiger partial charge is 0.0120 e. The largest absolute Gasteiger partial charge is 0.327 e. The molecule has 0 radical (unpaired) electrons. The Hall–Kier alpha value is -1.60. The lowest BCUT2D eigenvalue weighted by molar-refractivity contribution is 0.664. The van der Waals surface area contributed by atoms with Crippen LogP contribution in [0.1, 0.15) is 34.7 Å². The fourth-order valence-electron chi connectivity index (χ4n) is 2.52. The molecule has 0 saturated carbocycles. The minimum Gasteiger partial charge on any atom is -0.327 e. The highest BCUT2D eigenvalue weighted by Gasteiger charge is 2.06. The fraction of sp³-hybridized carbons (Fsp3) is 0.368. The lowest BCUT2D eigenvalue weighted by atomic mass is 9.97. The molecule has 0 bridgehead atoms. The number of aryl methyl sites for hydroxylation is 3. The van der Waals surface area contributed by atoms with Crippen molar-refractivity contribution in [2.45, 2.75) is 46.1 Å². The first kappa shape index (κ1) is 14.8. The highest BCUT2D eigenvalue weighted by Crippen LogP contribution is 2.13. The molecule has 0 aliphatic rings. The van der Waals surface area contributed by atoms with E-state index < -0.39 is 0 Å². The lowest BCUT2D eigenvalue weighted by Gasteiger charge is -2.13. The second kappa shape index (κ2) is 6.71. The molecule has 106 valence electrons. The molecule has 0 aromatic heterocycles. The van der Waals surface area contributed by atoms with Crippen LogP contribution in [0.3, 0.4) is 0 Å². The highest BCUT2D eigenvalue weighted by molar-refractivity contribution is 5.31. The zero-order valence-electron chi connectivity index (χ0n) is 12.8. The number of hydrogen-bond acceptors (Lipinski definition) is 1. The summed E-state index contributed by atoms with van der Waals surface area (Å²) in [6, 6.07) is 15.7. The van der Waals surface area contributed by atoms with E-state index in [9.17, 15) is 0 Å². The molecule has 2 N–H and O–H groups in total. The van der Waals surface area contributed by atoms with Gasteiger partial charge in [0.15, 0.2) is 0 Å². The quantitative estimate of drug-likeness (QED) is 0.871. The van der Waals surface area contributed by atoms with Crippen molar-refractivity contribution >= 4 is 0 Å². The molecule has 0 saturated heterocycles. The first-order valence-corrected chi connectivity index (χ1v) is 7.48. The summed E-state index contributed by atoms with van der Waals surface area (Å²) in [5.41, 5.74) is 13.0. The van der Waals surface area contributed by atoms with Crippen LogP contribution in [0.4, 0.5) is 0 Å². The molecule has 0 amide bonds. The third-order valence-corrected chi connectivity index (χ3v) is 4.00. The van der Waals surface area contributed by atoms with Gasteiger partial charge in [0, 0.05) is 6.04 Å². The third-order valence-electron chi connectivity index (χ3n) is 4.00. The second-order valence-corrected chi connectivity index (χ2v) is 5.76. The van der Waals surface area contributed by atoms with E-state index in [-0.39, 0.29) is 6.04 Å². The van der Waals surface area contributed by atoms with Crippen molar-refractivity contribution in [2.75, 3.05) is 0 Å². The first-order valence-electron chi connectivity index (χ1n) is 7.48. The number of nitrogens with two attached hydrogens (primary N) is 1. The molecule has 1 nitrogen and oxygen atoms in total. The van der Waals surface area contributed by atoms with Gasteiger partial charge >= 0.3 is 0 Å². The summed E-state index contributed by atoms with van der Waals surface area (Å²) >= 11 is 0. The van der Waals surface area contributed by atoms with Gasteiger partial charge in [-0.1, -0.05) is 49.4 Å². The molecule has 2 aromatic rings. The lowest BCUT2D eigenvalue weighted by Crippen LogP contribution is -2.25. The highest BCUT2D eigenvalue weighted by atomic mass is 14.6. The maximum Gasteiger partial charge on any atom is 0.0120 e. The van der Waals surface area contributed by atoms with E-state index in [0.717, 1.165) is 19.3 Å². The SMILES string of the molecule is CCc1ccc(CC(N)Cc2ccc(C)c(C)c2)cc1. The van der Waals surface area contributed by atoms with Crippen molar-refractivity contribution in [1.82, 2.24) is 0 Å². The average molecular weight is 267 g/mol. The Morgan fingerprint density at radius 1 is 0.800 bits per heavy atom. The van der Waals surface area contributed by atoms with Gasteiger partial charge in [-0.05, 0) is 60.9 Å². The molecular formula is C19H25N. The Morgan fingerprint density at radius 3 is 1.95 bits per heavy atom. The standard InChI is InChI=1S/C19H25N/c1-4-16-7-9-17(10-8-16)12-19(20)13-18-6-5-14(2)15(3)11-18/h5-11,19H,4,12-13,20H2,1-3H3. The van der Waals surface area contributed by atoms with Crippen LogP contribution < -0.4 is 5.73 Å². The van der Waals surface area contributed by atoms with Crippen molar-refractivity contribution in [3.8, 4) is 0 Å². The van der Waals surface area contributed by atoms with Crippen LogP contribution in [0.15, 0.2) is 42.5 Å². The molecular weight excluding hydrogens is 242 g/mol. The Bertz CT molecular complexity index is 554. The first-order chi connectivity index (χ1) is 9.58. The van der Waals surface area contributed by atoms with Gasteiger partial charge in [-0.15, -0.1) is 0 Å². The minimum absolute atomic E-state index is 0.185. The summed E-state index contributed by atoms with van der Waals surface area (Å²) in [5.74, 6) is 0. The van der Waals surface area contributed by atoms with Gasteiger partial charge in [0.1, 0.15) is 0 Å². The van der Waals surface area contributed by atoms with Crippen LogP contribution in [-0.4, -0.2) is 6.04 Å². The molecule has 20 heavy (non-hydrogen) atoms. The van der Waals surface area contributed by atoms with Gasteiger partial charge in [0.25, 0.3) is 0 Å². The average Bonchev–Trinajstić information content (AvgIpc) is 2.44. The minimum atomic E-state index is 0.185. The third kappa shape index (κ3) is 3.94. The van der Waals surface area contributed by atoms with Crippen LogP contribution >= 0.6 is 0 Å². The van der Waals surface area contributed by atoms with E-state index in [4.69, 9.17) is 5.73 Å². The second-order valence-electron chi connectivity index (χ2n) is 5.76. The number of hydrogen-bond donors (Lipinski definition) is 1. The predicted molar refractivity (Wildman–Crippen MR) is 87.1 cm³/mol. The molecule has 0 spiro atoms. The van der Waals surface area contributed by atoms with Gasteiger partial charge in [-0.25, -0.2) is 0 Å². The normalized spacial score (nSPS) is 12.4. The van der Waals surface area contributed by atoms with Crippen molar-refractivity contribution in [3.63, 3.8) is 0 Å². The van der Waals surface area contributed by atoms with Crippen molar-refractivity contribution in [2.24, 2.45) is 5.73 Å². The number of rotatable bonds is 5. The van der Waals surface area contributed by atoms with Crippen molar-refractivity contribution < 1.29 is 0 Å². The molecule has 0 fully saturated rings. The van der Waals surface area contributed by atoms with Gasteiger partial charge in [-0.3, -0.25) is 0 Å². The topological polar surface area (TPSA) is 26.0 Å². The van der Waals surface area contributed by atoms with Gasteiger partial charge in [0.2, 0.25) is 0 Å². The maximum absolute atomic E-state index is 6.30. The molecule has 0 aliphatic heterocycles. The van der Waals surface area contributed by atoms with Crippen LogP contribution in [0, 0.1) is 13.8 Å². The molecule has 1 heteroatoms. The van der Waals surface area contributed by atoms with E-state index in [1.165, 1.54) is 27.8 Å². The van der Waals surface area contributed by atoms with Crippen molar-refractivity contribution in [3.05, 3.63) is 70.3 Å². The van der Waals surface area contributed by atoms with Gasteiger partial charge < -0.3 is 5.73 Å². The summed E-state index contributed by atoms with van der Waals surface area (Å²) in [4.78, 5) is 0. The van der Waals surface area contributed by atoms with Gasteiger partial charge in [0.05, 0.1) is 0 Å². The van der Waals surface area contributed by atoms with Crippen LogP contribution in [0.5, 0.6) is 0 Å². The summed E-state index contributed by atoms with van der Waals surface area (Å²) in [5, 5.41) is 0. The Kier molecular flexibility index (Phi) is 4.97. The zero-order chi connectivity index (χ0) is 14.5. The van der Waals surface area contributed by atoms with E-state index in [1.54, 1.807) is 0 Å². The molecule has 1 atom stereocenters. The van der Waals surface area contributed by atoms with Crippen LogP contribution in [0.2, 0.25) is 0 Å². The summed E-state index contributed by atoms with van der Waals surface area (Å²) in [6.07, 6.45) is 2.97. The number of benzene rings is 2. The monoisotopic (exact) mass is 267 g/mol. The maximum atomic E-state index is 6.30. The fourth-order valence-corrected chi connectivity index (χ4v) is 2.52. The summed E-state index contributed by atoms with van der Waals surface area (Å²) < 4.78 is 0. The van der Waals surface area contributed by atoms with Gasteiger partial charge in [-0.2, -0.15) is 0 Å². The van der Waals surface area contributed by atoms with E-state index in [0.29, 0.717) is 0 Å². The Labute approximate surface area is 122 Å². The molecule has 2 rings (SSSR count). The van der Waals surface area contributed by atoms with E-state index >= 15 is 0 Å². The molecule has 0 aliphatic carbocycles. The van der Waals surface area contributed by atoms with Crippen LogP contribution in [0.25, 0.3) is 0 Å². The Morgan fingerprint density at radius 2 is 1.35 bits per heavy atom. The predicted octanol–water partition coefficient (Wildman–Crippen LogP) is 3.98. The summed E-state index contributed by atoms with van der Waals surface area (Å²) in [7, 11) is 0. The molecule has 1 unspecified atom stereocenters. The van der Waals surface area contributed by atoms with Crippen molar-refractivity contribution in [1.29, 1.82) is 0 Å². The summed E-state index contributed by atoms with van der Waals surface area (Å²) in [6.45, 7) is 6.49. The Balaban J connectivity index is 1.97. The molecule has 2 aromatic carbocycles. The van der Waals surface area contributed by atoms with E-state index in [1.807, 2.05) is 0 Å². The van der Waals surface area contributed by atoms with Crippen LogP contribution in [-0.2, 0) is 19.3 Å².